The Bertz CT molecular complexity index is 450. The largest absolute Gasteiger partial charge is 0.447 e. The number of imidazole rings is 1. The lowest BCUT2D eigenvalue weighted by Gasteiger charge is -2.07. The Morgan fingerprint density at radius 2 is 2.40 bits per heavy atom. The summed E-state index contributed by atoms with van der Waals surface area (Å²) in [6, 6.07) is 3.27. The smallest absolute Gasteiger partial charge is 0.193 e. The van der Waals surface area contributed by atoms with Gasteiger partial charge in [0.2, 0.25) is 0 Å². The van der Waals surface area contributed by atoms with Crippen molar-refractivity contribution in [3.8, 4) is 0 Å². The zero-order valence-corrected chi connectivity index (χ0v) is 8.98. The highest BCUT2D eigenvalue weighted by Crippen LogP contribution is 2.22. The molecule has 0 spiro atoms. The van der Waals surface area contributed by atoms with Gasteiger partial charge in [0.15, 0.2) is 5.22 Å². The number of rotatable bonds is 3. The van der Waals surface area contributed by atoms with Crippen LogP contribution in [0.4, 0.5) is 0 Å². The Balaban J connectivity index is 2.10. The van der Waals surface area contributed by atoms with E-state index in [0.717, 1.165) is 5.82 Å². The van der Waals surface area contributed by atoms with Crippen molar-refractivity contribution in [1.29, 1.82) is 0 Å². The quantitative estimate of drug-likeness (QED) is 0.870. The summed E-state index contributed by atoms with van der Waals surface area (Å²) in [5.74, 6) is 1.26. The van der Waals surface area contributed by atoms with E-state index in [-0.39, 0.29) is 5.22 Å². The highest BCUT2D eigenvalue weighted by Gasteiger charge is 2.14. The van der Waals surface area contributed by atoms with Crippen LogP contribution in [0, 0.1) is 0 Å². The number of aliphatic hydroxyl groups excluding tert-OH is 1. The van der Waals surface area contributed by atoms with Gasteiger partial charge in [-0.3, -0.25) is 0 Å². The lowest BCUT2D eigenvalue weighted by molar-refractivity contribution is 0.147. The third-order valence-electron chi connectivity index (χ3n) is 2.22. The van der Waals surface area contributed by atoms with Crippen LogP contribution in [0.2, 0.25) is 5.22 Å². The van der Waals surface area contributed by atoms with Crippen molar-refractivity contribution in [2.45, 2.75) is 12.5 Å². The van der Waals surface area contributed by atoms with Crippen LogP contribution in [-0.2, 0) is 13.5 Å². The van der Waals surface area contributed by atoms with Gasteiger partial charge >= 0.3 is 0 Å². The van der Waals surface area contributed by atoms with Crippen molar-refractivity contribution in [1.82, 2.24) is 9.55 Å². The van der Waals surface area contributed by atoms with Crippen LogP contribution < -0.4 is 0 Å². The summed E-state index contributed by atoms with van der Waals surface area (Å²) in [5, 5.41) is 10.1. The topological polar surface area (TPSA) is 51.2 Å². The summed E-state index contributed by atoms with van der Waals surface area (Å²) >= 11 is 5.62. The fourth-order valence-corrected chi connectivity index (χ4v) is 1.53. The zero-order valence-electron chi connectivity index (χ0n) is 8.22. The minimum Gasteiger partial charge on any atom is -0.447 e. The summed E-state index contributed by atoms with van der Waals surface area (Å²) in [6.07, 6.45) is 3.22. The molecule has 15 heavy (non-hydrogen) atoms. The summed E-state index contributed by atoms with van der Waals surface area (Å²) in [4.78, 5) is 4.12. The molecule has 1 unspecified atom stereocenters. The lowest BCUT2D eigenvalue weighted by atomic mass is 10.2. The van der Waals surface area contributed by atoms with Gasteiger partial charge in [-0.2, -0.15) is 0 Å². The molecule has 0 radical (unpaired) electrons. The Kier molecular flexibility index (Phi) is 2.79. The number of nitrogens with zero attached hydrogens (tertiary/aromatic N) is 2. The van der Waals surface area contributed by atoms with Crippen LogP contribution in [0.5, 0.6) is 0 Å². The van der Waals surface area contributed by atoms with Crippen LogP contribution >= 0.6 is 11.6 Å². The molecular weight excluding hydrogens is 216 g/mol. The van der Waals surface area contributed by atoms with E-state index in [0.29, 0.717) is 12.2 Å². The third kappa shape index (κ3) is 2.22. The van der Waals surface area contributed by atoms with Gasteiger partial charge in [-0.1, -0.05) is 0 Å². The van der Waals surface area contributed by atoms with Crippen LogP contribution in [0.1, 0.15) is 17.7 Å². The molecule has 2 aromatic rings. The molecule has 2 heterocycles. The first-order valence-corrected chi connectivity index (χ1v) is 4.94. The molecule has 0 amide bonds. The molecule has 2 rings (SSSR count). The van der Waals surface area contributed by atoms with E-state index in [2.05, 4.69) is 4.98 Å². The number of hydrogen-bond acceptors (Lipinski definition) is 3. The summed E-state index contributed by atoms with van der Waals surface area (Å²) in [7, 11) is 1.88. The number of aryl methyl sites for hydroxylation is 1. The zero-order chi connectivity index (χ0) is 10.8. The summed E-state index contributed by atoms with van der Waals surface area (Å²) in [6.45, 7) is 0. The second-order valence-electron chi connectivity index (χ2n) is 3.32. The molecule has 0 saturated heterocycles. The maximum absolute atomic E-state index is 9.82. The molecule has 0 aliphatic carbocycles. The monoisotopic (exact) mass is 226 g/mol. The molecule has 4 nitrogen and oxygen atoms in total. The predicted octanol–water partition coefficient (Wildman–Crippen LogP) is 1.94. The minimum absolute atomic E-state index is 0.281. The maximum Gasteiger partial charge on any atom is 0.193 e. The van der Waals surface area contributed by atoms with Crippen molar-refractivity contribution in [3.63, 3.8) is 0 Å². The molecule has 2 aromatic heterocycles. The number of aliphatic hydroxyl groups is 1. The fraction of sp³-hybridized carbons (Fsp3) is 0.300. The molecular formula is C10H11ClN2O2. The second kappa shape index (κ2) is 4.08. The van der Waals surface area contributed by atoms with E-state index in [4.69, 9.17) is 16.0 Å². The van der Waals surface area contributed by atoms with E-state index in [1.165, 1.54) is 0 Å². The highest BCUT2D eigenvalue weighted by atomic mass is 35.5. The van der Waals surface area contributed by atoms with Gasteiger partial charge in [0.25, 0.3) is 0 Å². The van der Waals surface area contributed by atoms with Gasteiger partial charge in [0, 0.05) is 25.9 Å². The van der Waals surface area contributed by atoms with Crippen LogP contribution in [-0.4, -0.2) is 14.7 Å². The van der Waals surface area contributed by atoms with Crippen LogP contribution in [0.3, 0.4) is 0 Å². The lowest BCUT2D eigenvalue weighted by Crippen LogP contribution is -2.05. The number of aromatic nitrogens is 2. The van der Waals surface area contributed by atoms with Crippen molar-refractivity contribution in [3.05, 3.63) is 41.3 Å². The maximum atomic E-state index is 9.82. The first-order valence-electron chi connectivity index (χ1n) is 4.56. The first kappa shape index (κ1) is 10.3. The molecule has 1 atom stereocenters. The van der Waals surface area contributed by atoms with Gasteiger partial charge in [-0.15, -0.1) is 0 Å². The van der Waals surface area contributed by atoms with E-state index in [1.54, 1.807) is 18.3 Å². The summed E-state index contributed by atoms with van der Waals surface area (Å²) in [5.41, 5.74) is 0. The second-order valence-corrected chi connectivity index (χ2v) is 3.69. The average molecular weight is 227 g/mol. The number of halogens is 1. The Morgan fingerprint density at radius 1 is 1.60 bits per heavy atom. The Labute approximate surface area is 92.1 Å². The molecule has 0 bridgehead atoms. The molecule has 0 aliphatic rings. The van der Waals surface area contributed by atoms with Crippen molar-refractivity contribution in [2.75, 3.05) is 0 Å². The van der Waals surface area contributed by atoms with E-state index >= 15 is 0 Å². The van der Waals surface area contributed by atoms with Gasteiger partial charge in [-0.05, 0) is 23.7 Å². The van der Waals surface area contributed by atoms with Gasteiger partial charge < -0.3 is 14.1 Å². The molecule has 0 fully saturated rings. The van der Waals surface area contributed by atoms with E-state index < -0.39 is 6.10 Å². The van der Waals surface area contributed by atoms with E-state index in [9.17, 15) is 5.11 Å². The Hall–Kier alpha value is -1.26. The molecule has 1 N–H and O–H groups in total. The standard InChI is InChI=1S/C10H11ClN2O2/c1-13-5-4-12-10(13)6-7(14)8-2-3-9(11)15-8/h2-5,7,14H,6H2,1H3. The fourth-order valence-electron chi connectivity index (χ4n) is 1.37. The molecule has 0 saturated carbocycles. The minimum atomic E-state index is -0.710. The van der Waals surface area contributed by atoms with Crippen molar-refractivity contribution < 1.29 is 9.52 Å². The Morgan fingerprint density at radius 3 is 2.93 bits per heavy atom. The van der Waals surface area contributed by atoms with Crippen LogP contribution in [0.25, 0.3) is 0 Å². The number of hydrogen-bond donors (Lipinski definition) is 1. The molecule has 5 heteroatoms. The number of furan rings is 1. The van der Waals surface area contributed by atoms with Crippen LogP contribution in [0.15, 0.2) is 28.9 Å². The summed E-state index contributed by atoms with van der Waals surface area (Å²) < 4.78 is 6.97. The molecule has 80 valence electrons. The van der Waals surface area contributed by atoms with E-state index in [1.807, 2.05) is 17.8 Å². The van der Waals surface area contributed by atoms with Gasteiger partial charge in [0.05, 0.1) is 0 Å². The van der Waals surface area contributed by atoms with Crippen molar-refractivity contribution in [2.24, 2.45) is 7.05 Å². The molecule has 0 aliphatic heterocycles. The normalized spacial score (nSPS) is 13.0. The highest BCUT2D eigenvalue weighted by molar-refractivity contribution is 6.28. The van der Waals surface area contributed by atoms with Gasteiger partial charge in [-0.25, -0.2) is 4.98 Å². The predicted molar refractivity (Wildman–Crippen MR) is 55.6 cm³/mol. The van der Waals surface area contributed by atoms with Crippen molar-refractivity contribution >= 4 is 11.6 Å². The SMILES string of the molecule is Cn1ccnc1CC(O)c1ccc(Cl)o1. The first-order chi connectivity index (χ1) is 7.16. The van der Waals surface area contributed by atoms with Gasteiger partial charge in [0.1, 0.15) is 17.7 Å². The third-order valence-corrected chi connectivity index (χ3v) is 2.42. The average Bonchev–Trinajstić information content (AvgIpc) is 2.77. The molecule has 0 aromatic carbocycles.